The molecular formula is C13H17NO3. The van der Waals surface area contributed by atoms with Crippen LogP contribution in [0.1, 0.15) is 24.9 Å². The number of hydrogen-bond acceptors (Lipinski definition) is 3. The van der Waals surface area contributed by atoms with Crippen LogP contribution in [0.5, 0.6) is 5.75 Å². The SMILES string of the molecule is CCOCC(=O)NC1CCOc2ccccc21. The third-order valence-electron chi connectivity index (χ3n) is 2.73. The summed E-state index contributed by atoms with van der Waals surface area (Å²) < 4.78 is 10.6. The average molecular weight is 235 g/mol. The maximum atomic E-state index is 11.6. The van der Waals surface area contributed by atoms with E-state index < -0.39 is 0 Å². The standard InChI is InChI=1S/C13H17NO3/c1-2-16-9-13(15)14-11-7-8-17-12-6-4-3-5-10(11)12/h3-6,11H,2,7-9H2,1H3,(H,14,15). The first kappa shape index (κ1) is 11.9. The Morgan fingerprint density at radius 2 is 2.35 bits per heavy atom. The normalized spacial score (nSPS) is 18.1. The minimum absolute atomic E-state index is 0.0351. The highest BCUT2D eigenvalue weighted by Gasteiger charge is 2.22. The minimum Gasteiger partial charge on any atom is -0.493 e. The van der Waals surface area contributed by atoms with Crippen molar-refractivity contribution >= 4 is 5.91 Å². The molecule has 1 N–H and O–H groups in total. The highest BCUT2D eigenvalue weighted by Crippen LogP contribution is 2.31. The number of fused-ring (bicyclic) bond motifs is 1. The van der Waals surface area contributed by atoms with E-state index in [1.54, 1.807) is 0 Å². The molecule has 92 valence electrons. The number of rotatable bonds is 4. The second-order valence-corrected chi connectivity index (χ2v) is 3.93. The van der Waals surface area contributed by atoms with Crippen LogP contribution in [0.2, 0.25) is 0 Å². The van der Waals surface area contributed by atoms with E-state index in [1.165, 1.54) is 0 Å². The summed E-state index contributed by atoms with van der Waals surface area (Å²) in [5.41, 5.74) is 1.04. The Balaban J connectivity index is 2.01. The fourth-order valence-corrected chi connectivity index (χ4v) is 1.92. The third kappa shape index (κ3) is 2.97. The number of benzene rings is 1. The van der Waals surface area contributed by atoms with Gasteiger partial charge in [0.15, 0.2) is 0 Å². The topological polar surface area (TPSA) is 47.6 Å². The van der Waals surface area contributed by atoms with Crippen LogP contribution in [0.4, 0.5) is 0 Å². The number of nitrogens with one attached hydrogen (secondary N) is 1. The summed E-state index contributed by atoms with van der Waals surface area (Å²) >= 11 is 0. The summed E-state index contributed by atoms with van der Waals surface area (Å²) in [5.74, 6) is 0.786. The van der Waals surface area contributed by atoms with Crippen LogP contribution in [0.15, 0.2) is 24.3 Å². The van der Waals surface area contributed by atoms with Gasteiger partial charge in [0.25, 0.3) is 0 Å². The molecule has 0 fully saturated rings. The fraction of sp³-hybridized carbons (Fsp3) is 0.462. The van der Waals surface area contributed by atoms with Crippen molar-refractivity contribution in [1.82, 2.24) is 5.32 Å². The molecule has 0 bridgehead atoms. The highest BCUT2D eigenvalue weighted by atomic mass is 16.5. The number of carbonyl (C=O) groups excluding carboxylic acids is 1. The van der Waals surface area contributed by atoms with Crippen LogP contribution in [-0.4, -0.2) is 25.7 Å². The zero-order valence-electron chi connectivity index (χ0n) is 9.94. The molecule has 17 heavy (non-hydrogen) atoms. The molecule has 1 aromatic carbocycles. The van der Waals surface area contributed by atoms with Crippen molar-refractivity contribution in [1.29, 1.82) is 0 Å². The van der Waals surface area contributed by atoms with Crippen molar-refractivity contribution < 1.29 is 14.3 Å². The maximum absolute atomic E-state index is 11.6. The van der Waals surface area contributed by atoms with Crippen molar-refractivity contribution in [2.75, 3.05) is 19.8 Å². The number of carbonyl (C=O) groups is 1. The van der Waals surface area contributed by atoms with Gasteiger partial charge in [-0.05, 0) is 13.0 Å². The molecule has 1 atom stereocenters. The Hall–Kier alpha value is -1.55. The summed E-state index contributed by atoms with van der Waals surface area (Å²) in [5, 5.41) is 2.97. The van der Waals surface area contributed by atoms with E-state index >= 15 is 0 Å². The lowest BCUT2D eigenvalue weighted by Crippen LogP contribution is -2.34. The Bertz CT molecular complexity index is 392. The molecule has 0 aromatic heterocycles. The molecule has 4 nitrogen and oxygen atoms in total. The largest absolute Gasteiger partial charge is 0.493 e. The Labute approximate surface area is 101 Å². The van der Waals surface area contributed by atoms with Crippen molar-refractivity contribution in [3.63, 3.8) is 0 Å². The number of hydrogen-bond donors (Lipinski definition) is 1. The fourth-order valence-electron chi connectivity index (χ4n) is 1.92. The molecule has 4 heteroatoms. The summed E-state index contributed by atoms with van der Waals surface area (Å²) in [4.78, 5) is 11.6. The van der Waals surface area contributed by atoms with E-state index in [4.69, 9.17) is 9.47 Å². The summed E-state index contributed by atoms with van der Waals surface area (Å²) in [7, 11) is 0. The summed E-state index contributed by atoms with van der Waals surface area (Å²) in [6.45, 7) is 3.18. The first-order valence-electron chi connectivity index (χ1n) is 5.90. The lowest BCUT2D eigenvalue weighted by molar-refractivity contribution is -0.126. The van der Waals surface area contributed by atoms with Gasteiger partial charge in [-0.1, -0.05) is 18.2 Å². The molecule has 2 rings (SSSR count). The second kappa shape index (κ2) is 5.68. The lowest BCUT2D eigenvalue weighted by atomic mass is 10.0. The molecule has 0 saturated carbocycles. The van der Waals surface area contributed by atoms with Crippen molar-refractivity contribution in [2.24, 2.45) is 0 Å². The summed E-state index contributed by atoms with van der Waals surface area (Å²) in [6, 6.07) is 7.84. The van der Waals surface area contributed by atoms with E-state index in [0.29, 0.717) is 13.2 Å². The van der Waals surface area contributed by atoms with E-state index in [2.05, 4.69) is 5.32 Å². The van der Waals surface area contributed by atoms with Gasteiger partial charge in [-0.2, -0.15) is 0 Å². The first-order chi connectivity index (χ1) is 8.31. The first-order valence-corrected chi connectivity index (χ1v) is 5.90. The molecular weight excluding hydrogens is 218 g/mol. The molecule has 1 unspecified atom stereocenters. The molecule has 0 aliphatic carbocycles. The van der Waals surface area contributed by atoms with Crippen LogP contribution in [0.25, 0.3) is 0 Å². The molecule has 1 heterocycles. The highest BCUT2D eigenvalue weighted by molar-refractivity contribution is 5.77. The van der Waals surface area contributed by atoms with Crippen LogP contribution in [0.3, 0.4) is 0 Å². The van der Waals surface area contributed by atoms with E-state index in [0.717, 1.165) is 17.7 Å². The van der Waals surface area contributed by atoms with E-state index in [1.807, 2.05) is 31.2 Å². The van der Waals surface area contributed by atoms with Gasteiger partial charge in [0, 0.05) is 18.6 Å². The molecule has 1 amide bonds. The van der Waals surface area contributed by atoms with Gasteiger partial charge in [0.05, 0.1) is 12.6 Å². The molecule has 1 aliphatic rings. The van der Waals surface area contributed by atoms with Gasteiger partial charge in [-0.3, -0.25) is 4.79 Å². The van der Waals surface area contributed by atoms with Gasteiger partial charge in [-0.25, -0.2) is 0 Å². The summed E-state index contributed by atoms with van der Waals surface area (Å²) in [6.07, 6.45) is 0.800. The Morgan fingerprint density at radius 3 is 3.18 bits per heavy atom. The van der Waals surface area contributed by atoms with Crippen LogP contribution < -0.4 is 10.1 Å². The molecule has 0 saturated heterocycles. The van der Waals surface area contributed by atoms with E-state index in [-0.39, 0.29) is 18.6 Å². The number of ether oxygens (including phenoxy) is 2. The monoisotopic (exact) mass is 235 g/mol. The van der Waals surface area contributed by atoms with Crippen molar-refractivity contribution in [3.05, 3.63) is 29.8 Å². The zero-order chi connectivity index (χ0) is 12.1. The van der Waals surface area contributed by atoms with Gasteiger partial charge < -0.3 is 14.8 Å². The van der Waals surface area contributed by atoms with Crippen LogP contribution in [-0.2, 0) is 9.53 Å². The lowest BCUT2D eigenvalue weighted by Gasteiger charge is -2.26. The zero-order valence-corrected chi connectivity index (χ0v) is 9.94. The average Bonchev–Trinajstić information content (AvgIpc) is 2.37. The predicted octanol–water partition coefficient (Wildman–Crippen LogP) is 1.66. The third-order valence-corrected chi connectivity index (χ3v) is 2.73. The molecule has 0 radical (unpaired) electrons. The van der Waals surface area contributed by atoms with Crippen LogP contribution >= 0.6 is 0 Å². The Morgan fingerprint density at radius 1 is 1.53 bits per heavy atom. The quantitative estimate of drug-likeness (QED) is 0.863. The Kier molecular flexibility index (Phi) is 3.98. The molecule has 1 aliphatic heterocycles. The van der Waals surface area contributed by atoms with Crippen LogP contribution in [0, 0.1) is 0 Å². The number of amides is 1. The smallest absolute Gasteiger partial charge is 0.246 e. The van der Waals surface area contributed by atoms with Crippen molar-refractivity contribution in [2.45, 2.75) is 19.4 Å². The van der Waals surface area contributed by atoms with Gasteiger partial charge in [0.1, 0.15) is 12.4 Å². The number of para-hydroxylation sites is 1. The molecule has 0 spiro atoms. The van der Waals surface area contributed by atoms with E-state index in [9.17, 15) is 4.79 Å². The van der Waals surface area contributed by atoms with Crippen molar-refractivity contribution in [3.8, 4) is 5.75 Å². The second-order valence-electron chi connectivity index (χ2n) is 3.93. The van der Waals surface area contributed by atoms with Gasteiger partial charge in [0.2, 0.25) is 5.91 Å². The minimum atomic E-state index is -0.0754. The molecule has 1 aromatic rings. The predicted molar refractivity (Wildman–Crippen MR) is 63.9 cm³/mol. The van der Waals surface area contributed by atoms with Gasteiger partial charge in [-0.15, -0.1) is 0 Å². The van der Waals surface area contributed by atoms with Gasteiger partial charge >= 0.3 is 0 Å². The maximum Gasteiger partial charge on any atom is 0.246 e.